The smallest absolute Gasteiger partial charge is 0.431 e. The van der Waals surface area contributed by atoms with Crippen LogP contribution in [0.25, 0.3) is 0 Å². The van der Waals surface area contributed by atoms with Gasteiger partial charge in [-0.3, -0.25) is 0 Å². The van der Waals surface area contributed by atoms with Crippen LogP contribution in [0, 0.1) is 47.3 Å². The molecule has 2 saturated carbocycles. The van der Waals surface area contributed by atoms with Crippen LogP contribution in [0.5, 0.6) is 0 Å². The first-order chi connectivity index (χ1) is 15.2. The van der Waals surface area contributed by atoms with Gasteiger partial charge in [0.1, 0.15) is 12.2 Å². The van der Waals surface area contributed by atoms with E-state index in [1.807, 2.05) is 0 Å². The molecular weight excluding hydrogens is 404 g/mol. The predicted molar refractivity (Wildman–Crippen MR) is 128 cm³/mol. The average Bonchev–Trinajstić information content (AvgIpc) is 2.72. The van der Waals surface area contributed by atoms with Gasteiger partial charge in [0.25, 0.3) is 0 Å². The summed E-state index contributed by atoms with van der Waals surface area (Å²) in [5, 5.41) is 19.4. The largest absolute Gasteiger partial charge is 0.508 e. The number of hydrogen-bond donors (Lipinski definition) is 2. The number of ether oxygens (including phenoxy) is 2. The molecule has 0 amide bonds. The second-order valence-corrected chi connectivity index (χ2v) is 11.6. The molecule has 0 aromatic rings. The van der Waals surface area contributed by atoms with Crippen molar-refractivity contribution in [1.82, 2.24) is 0 Å². The van der Waals surface area contributed by atoms with Crippen molar-refractivity contribution in [1.29, 1.82) is 0 Å². The van der Waals surface area contributed by atoms with Crippen molar-refractivity contribution in [2.24, 2.45) is 47.3 Å². The second-order valence-electron chi connectivity index (χ2n) is 11.6. The van der Waals surface area contributed by atoms with E-state index >= 15 is 0 Å². The Morgan fingerprint density at radius 2 is 1.09 bits per heavy atom. The molecule has 2 N–H and O–H groups in total. The summed E-state index contributed by atoms with van der Waals surface area (Å²) in [6.45, 7) is 13.5. The molecule has 8 atom stereocenters. The van der Waals surface area contributed by atoms with Crippen LogP contribution in [0.3, 0.4) is 0 Å². The summed E-state index contributed by atoms with van der Waals surface area (Å²) in [6.07, 6.45) is 6.42. The van der Waals surface area contributed by atoms with Crippen molar-refractivity contribution in [3.8, 4) is 0 Å². The van der Waals surface area contributed by atoms with Gasteiger partial charge in [-0.15, -0.1) is 0 Å². The minimum Gasteiger partial charge on any atom is -0.431 e. The SMILES string of the molecule is CC1CCC(C(C)C)C(C(CCO)OC(=O)OC(CCO)C2CC(C)CCC2C(C)C)C1. The number of aliphatic hydroxyl groups excluding tert-OH is 2. The van der Waals surface area contributed by atoms with E-state index in [4.69, 9.17) is 9.47 Å². The van der Waals surface area contributed by atoms with Crippen molar-refractivity contribution in [3.63, 3.8) is 0 Å². The van der Waals surface area contributed by atoms with E-state index in [9.17, 15) is 15.0 Å². The van der Waals surface area contributed by atoms with Gasteiger partial charge in [0.15, 0.2) is 0 Å². The van der Waals surface area contributed by atoms with Crippen LogP contribution >= 0.6 is 0 Å². The highest BCUT2D eigenvalue weighted by Crippen LogP contribution is 2.43. The average molecular weight is 455 g/mol. The van der Waals surface area contributed by atoms with Gasteiger partial charge in [-0.05, 0) is 73.0 Å². The van der Waals surface area contributed by atoms with Crippen LogP contribution in [0.4, 0.5) is 4.79 Å². The van der Waals surface area contributed by atoms with Gasteiger partial charge in [0.05, 0.1) is 0 Å². The fourth-order valence-corrected chi connectivity index (χ4v) is 6.66. The third kappa shape index (κ3) is 7.62. The zero-order valence-corrected chi connectivity index (χ0v) is 21.5. The summed E-state index contributed by atoms with van der Waals surface area (Å²) in [6, 6.07) is 0. The number of carbonyl (C=O) groups is 1. The Morgan fingerprint density at radius 3 is 1.41 bits per heavy atom. The quantitative estimate of drug-likeness (QED) is 0.393. The minimum absolute atomic E-state index is 0.00325. The van der Waals surface area contributed by atoms with Crippen molar-refractivity contribution >= 4 is 6.16 Å². The molecule has 5 nitrogen and oxygen atoms in total. The number of aliphatic hydroxyl groups is 2. The van der Waals surface area contributed by atoms with Gasteiger partial charge in [-0.1, -0.05) is 54.4 Å². The van der Waals surface area contributed by atoms with Crippen LogP contribution in [0.15, 0.2) is 0 Å². The summed E-state index contributed by atoms with van der Waals surface area (Å²) in [5.41, 5.74) is 0. The lowest BCUT2D eigenvalue weighted by atomic mass is 9.67. The Balaban J connectivity index is 2.11. The third-order valence-electron chi connectivity index (χ3n) is 8.42. The van der Waals surface area contributed by atoms with Gasteiger partial charge in [0.2, 0.25) is 0 Å². The molecule has 188 valence electrons. The molecule has 8 unspecified atom stereocenters. The van der Waals surface area contributed by atoms with Crippen LogP contribution in [-0.4, -0.2) is 41.8 Å². The van der Waals surface area contributed by atoms with Gasteiger partial charge in [-0.25, -0.2) is 4.79 Å². The highest BCUT2D eigenvalue weighted by molar-refractivity contribution is 5.60. The third-order valence-corrected chi connectivity index (χ3v) is 8.42. The zero-order chi connectivity index (χ0) is 23.8. The minimum atomic E-state index is -0.622. The number of rotatable bonds is 10. The molecule has 0 aromatic heterocycles. The number of carbonyl (C=O) groups excluding carboxylic acids is 1. The molecule has 2 aliphatic rings. The molecule has 0 bridgehead atoms. The first-order valence-electron chi connectivity index (χ1n) is 13.3. The van der Waals surface area contributed by atoms with Crippen LogP contribution < -0.4 is 0 Å². The molecule has 0 saturated heterocycles. The molecule has 32 heavy (non-hydrogen) atoms. The maximum atomic E-state index is 13.0. The van der Waals surface area contributed by atoms with E-state index in [1.165, 1.54) is 12.8 Å². The molecule has 0 aromatic carbocycles. The van der Waals surface area contributed by atoms with Gasteiger partial charge < -0.3 is 19.7 Å². The van der Waals surface area contributed by atoms with Gasteiger partial charge >= 0.3 is 6.16 Å². The molecule has 0 spiro atoms. The summed E-state index contributed by atoms with van der Waals surface area (Å²) in [7, 11) is 0. The lowest BCUT2D eigenvalue weighted by Gasteiger charge is -2.42. The Bertz CT molecular complexity index is 502. The molecule has 2 fully saturated rings. The fraction of sp³-hybridized carbons (Fsp3) is 0.963. The first-order valence-corrected chi connectivity index (χ1v) is 13.3. The monoisotopic (exact) mass is 454 g/mol. The summed E-state index contributed by atoms with van der Waals surface area (Å²) in [5.74, 6) is 3.75. The van der Waals surface area contributed by atoms with E-state index in [2.05, 4.69) is 41.5 Å². The predicted octanol–water partition coefficient (Wildman–Crippen LogP) is 6.06. The summed E-state index contributed by atoms with van der Waals surface area (Å²) in [4.78, 5) is 13.0. The molecule has 0 heterocycles. The highest BCUT2D eigenvalue weighted by atomic mass is 16.7. The number of hydrogen-bond acceptors (Lipinski definition) is 5. The van der Waals surface area contributed by atoms with Crippen LogP contribution in [-0.2, 0) is 9.47 Å². The van der Waals surface area contributed by atoms with Gasteiger partial charge in [0, 0.05) is 26.1 Å². The van der Waals surface area contributed by atoms with Crippen molar-refractivity contribution in [2.75, 3.05) is 13.2 Å². The van der Waals surface area contributed by atoms with Crippen molar-refractivity contribution in [2.45, 2.75) is 105 Å². The molecule has 2 rings (SSSR count). The van der Waals surface area contributed by atoms with Gasteiger partial charge in [-0.2, -0.15) is 0 Å². The second kappa shape index (κ2) is 13.2. The Hall–Kier alpha value is -0.810. The maximum Gasteiger partial charge on any atom is 0.508 e. The molecule has 5 heteroatoms. The lowest BCUT2D eigenvalue weighted by molar-refractivity contribution is -0.0763. The maximum absolute atomic E-state index is 13.0. The van der Waals surface area contributed by atoms with Crippen molar-refractivity contribution in [3.05, 3.63) is 0 Å². The normalized spacial score (nSPS) is 33.2. The van der Waals surface area contributed by atoms with E-state index in [-0.39, 0.29) is 37.3 Å². The molecular formula is C27H50O5. The lowest BCUT2D eigenvalue weighted by Crippen LogP contribution is -2.42. The Morgan fingerprint density at radius 1 is 0.719 bits per heavy atom. The van der Waals surface area contributed by atoms with E-state index in [1.54, 1.807) is 0 Å². The molecule has 0 radical (unpaired) electrons. The van der Waals surface area contributed by atoms with Crippen LogP contribution in [0.2, 0.25) is 0 Å². The highest BCUT2D eigenvalue weighted by Gasteiger charge is 2.40. The van der Waals surface area contributed by atoms with E-state index in [0.29, 0.717) is 48.3 Å². The summed E-state index contributed by atoms with van der Waals surface area (Å²) >= 11 is 0. The fourth-order valence-electron chi connectivity index (χ4n) is 6.66. The molecule has 0 aliphatic heterocycles. The van der Waals surface area contributed by atoms with Crippen LogP contribution in [0.1, 0.15) is 92.9 Å². The molecule has 2 aliphatic carbocycles. The first kappa shape index (κ1) is 27.4. The Labute approximate surface area is 196 Å². The van der Waals surface area contributed by atoms with E-state index in [0.717, 1.165) is 25.7 Å². The van der Waals surface area contributed by atoms with Crippen molar-refractivity contribution < 1.29 is 24.5 Å². The van der Waals surface area contributed by atoms with E-state index < -0.39 is 6.16 Å². The topological polar surface area (TPSA) is 76.0 Å². The summed E-state index contributed by atoms with van der Waals surface area (Å²) < 4.78 is 11.9. The Kier molecular flexibility index (Phi) is 11.3. The standard InChI is InChI=1S/C27H50O5/c1-17(2)21-9-7-19(5)15-23(21)25(11-13-28)31-27(30)32-26(12-14-29)24-16-20(6)8-10-22(24)18(3)4/h17-26,28-29H,7-16H2,1-6H3. The zero-order valence-electron chi connectivity index (χ0n) is 21.5.